The van der Waals surface area contributed by atoms with E-state index in [4.69, 9.17) is 22.1 Å². The van der Waals surface area contributed by atoms with Crippen LogP contribution < -0.4 is 10.5 Å². The second-order valence-corrected chi connectivity index (χ2v) is 6.48. The van der Waals surface area contributed by atoms with Gasteiger partial charge in [0.2, 0.25) is 0 Å². The molecule has 0 aliphatic carbocycles. The lowest BCUT2D eigenvalue weighted by atomic mass is 10.1. The Morgan fingerprint density at radius 2 is 1.92 bits per heavy atom. The molecule has 0 spiro atoms. The Hall–Kier alpha value is -1.86. The van der Waals surface area contributed by atoms with Crippen molar-refractivity contribution >= 4 is 11.6 Å². The lowest BCUT2D eigenvalue weighted by Crippen LogP contribution is -2.29. The first-order valence-corrected chi connectivity index (χ1v) is 8.13. The fourth-order valence-electron chi connectivity index (χ4n) is 2.38. The van der Waals surface area contributed by atoms with Gasteiger partial charge in [-0.05, 0) is 24.5 Å². The summed E-state index contributed by atoms with van der Waals surface area (Å²) in [5, 5.41) is 0.0387. The first kappa shape index (κ1) is 19.5. The largest absolute Gasteiger partial charge is 0.490 e. The quantitative estimate of drug-likeness (QED) is 0.719. The van der Waals surface area contributed by atoms with Gasteiger partial charge in [0.05, 0.1) is 23.7 Å². The average Bonchev–Trinajstić information content (AvgIpc) is 2.54. The minimum absolute atomic E-state index is 0.00930. The van der Waals surface area contributed by atoms with E-state index >= 15 is 0 Å². The number of hydrogen-bond donors (Lipinski definition) is 1. The third-order valence-electron chi connectivity index (χ3n) is 3.46. The van der Waals surface area contributed by atoms with Crippen LogP contribution in [0.2, 0.25) is 5.15 Å². The molecule has 25 heavy (non-hydrogen) atoms. The van der Waals surface area contributed by atoms with Crippen LogP contribution in [0.15, 0.2) is 24.5 Å². The first-order chi connectivity index (χ1) is 11.8. The number of alkyl halides is 2. The lowest BCUT2D eigenvalue weighted by Gasteiger charge is -2.17. The van der Waals surface area contributed by atoms with E-state index in [1.54, 1.807) is 0 Å². The average molecular weight is 374 g/mol. The van der Waals surface area contributed by atoms with Gasteiger partial charge in [-0.25, -0.2) is 18.2 Å². The van der Waals surface area contributed by atoms with Crippen molar-refractivity contribution in [2.24, 2.45) is 11.7 Å². The number of rotatable bonds is 7. The van der Waals surface area contributed by atoms with Crippen LogP contribution in [-0.2, 0) is 0 Å². The molecule has 2 aromatic heterocycles. The van der Waals surface area contributed by atoms with Gasteiger partial charge in [0.25, 0.3) is 6.43 Å². The van der Waals surface area contributed by atoms with Crippen LogP contribution in [0, 0.1) is 11.7 Å². The van der Waals surface area contributed by atoms with Crippen LogP contribution in [0.25, 0.3) is 11.3 Å². The normalized spacial score (nSPS) is 12.7. The molecule has 0 saturated heterocycles. The second-order valence-electron chi connectivity index (χ2n) is 6.10. The van der Waals surface area contributed by atoms with Crippen LogP contribution >= 0.6 is 11.6 Å². The van der Waals surface area contributed by atoms with Crippen molar-refractivity contribution in [3.05, 3.63) is 41.1 Å². The summed E-state index contributed by atoms with van der Waals surface area (Å²) in [6.07, 6.45) is -0.0434. The zero-order valence-corrected chi connectivity index (χ0v) is 14.6. The van der Waals surface area contributed by atoms with Gasteiger partial charge < -0.3 is 10.5 Å². The van der Waals surface area contributed by atoms with Crippen molar-refractivity contribution in [3.8, 4) is 17.0 Å². The minimum Gasteiger partial charge on any atom is -0.490 e. The molecule has 136 valence electrons. The van der Waals surface area contributed by atoms with E-state index < -0.39 is 12.2 Å². The number of ether oxygens (including phenoxy) is 1. The predicted octanol–water partition coefficient (Wildman–Crippen LogP) is 4.63. The van der Waals surface area contributed by atoms with E-state index in [9.17, 15) is 13.2 Å². The van der Waals surface area contributed by atoms with Gasteiger partial charge in [-0.15, -0.1) is 0 Å². The van der Waals surface area contributed by atoms with Gasteiger partial charge >= 0.3 is 0 Å². The number of halogens is 4. The third-order valence-corrected chi connectivity index (χ3v) is 3.66. The summed E-state index contributed by atoms with van der Waals surface area (Å²) in [6, 6.07) is 2.04. The molecule has 2 N–H and O–H groups in total. The minimum atomic E-state index is -2.81. The SMILES string of the molecule is CC(C)CC(N)COc1cnc(-c2cc(Cl)ncc2F)cc1C(F)F. The molecule has 0 aliphatic rings. The molecule has 8 heteroatoms. The fourth-order valence-corrected chi connectivity index (χ4v) is 2.53. The lowest BCUT2D eigenvalue weighted by molar-refractivity contribution is 0.143. The van der Waals surface area contributed by atoms with E-state index in [2.05, 4.69) is 9.97 Å². The standard InChI is InChI=1S/C17H19ClF3N3O/c1-9(2)3-10(22)8-25-15-7-23-14(4-12(15)17(20)21)11-5-16(18)24-6-13(11)19/h4-7,9-10,17H,3,8,22H2,1-2H3. The first-order valence-electron chi connectivity index (χ1n) is 7.75. The fraction of sp³-hybridized carbons (Fsp3) is 0.412. The van der Waals surface area contributed by atoms with Crippen molar-refractivity contribution in [2.45, 2.75) is 32.7 Å². The Bertz CT molecular complexity index is 728. The van der Waals surface area contributed by atoms with E-state index in [1.807, 2.05) is 13.8 Å². The molecule has 2 aromatic rings. The number of hydrogen-bond acceptors (Lipinski definition) is 4. The summed E-state index contributed by atoms with van der Waals surface area (Å²) in [5.41, 5.74) is 5.54. The van der Waals surface area contributed by atoms with E-state index in [1.165, 1.54) is 6.07 Å². The van der Waals surface area contributed by atoms with E-state index in [0.717, 1.165) is 18.5 Å². The predicted molar refractivity (Wildman–Crippen MR) is 90.3 cm³/mol. The number of pyridine rings is 2. The van der Waals surface area contributed by atoms with Gasteiger partial charge in [0, 0.05) is 11.6 Å². The molecule has 2 heterocycles. The summed E-state index contributed by atoms with van der Waals surface area (Å²) in [6.45, 7) is 4.11. The summed E-state index contributed by atoms with van der Waals surface area (Å²) < 4.78 is 46.0. The van der Waals surface area contributed by atoms with Gasteiger partial charge in [-0.3, -0.25) is 4.98 Å². The molecule has 2 rings (SSSR count). The molecule has 0 bridgehead atoms. The molecule has 0 aromatic carbocycles. The maximum absolute atomic E-state index is 13.9. The second kappa shape index (κ2) is 8.49. The highest BCUT2D eigenvalue weighted by molar-refractivity contribution is 6.29. The molecule has 1 atom stereocenters. The third kappa shape index (κ3) is 5.31. The number of nitrogens with two attached hydrogens (primary N) is 1. The molecule has 0 saturated carbocycles. The molecule has 0 amide bonds. The summed E-state index contributed by atoms with van der Waals surface area (Å²) >= 11 is 5.73. The molecule has 4 nitrogen and oxygen atoms in total. The topological polar surface area (TPSA) is 61.0 Å². The Labute approximate surface area is 149 Å². The highest BCUT2D eigenvalue weighted by Gasteiger charge is 2.19. The smallest absolute Gasteiger partial charge is 0.267 e. The van der Waals surface area contributed by atoms with Crippen LogP contribution in [0.3, 0.4) is 0 Å². The molecule has 1 unspecified atom stereocenters. The van der Waals surface area contributed by atoms with Crippen molar-refractivity contribution in [2.75, 3.05) is 6.61 Å². The summed E-state index contributed by atoms with van der Waals surface area (Å²) in [5.74, 6) is -0.406. The highest BCUT2D eigenvalue weighted by atomic mass is 35.5. The summed E-state index contributed by atoms with van der Waals surface area (Å²) in [4.78, 5) is 7.60. The van der Waals surface area contributed by atoms with Crippen LogP contribution in [0.5, 0.6) is 5.75 Å². The molecule has 0 radical (unpaired) electrons. The van der Waals surface area contributed by atoms with Gasteiger partial charge in [0.1, 0.15) is 17.5 Å². The monoisotopic (exact) mass is 373 g/mol. The molecular formula is C17H19ClF3N3O. The highest BCUT2D eigenvalue weighted by Crippen LogP contribution is 2.33. The van der Waals surface area contributed by atoms with Gasteiger partial charge in [-0.1, -0.05) is 25.4 Å². The molecular weight excluding hydrogens is 355 g/mol. The Morgan fingerprint density at radius 1 is 1.20 bits per heavy atom. The van der Waals surface area contributed by atoms with E-state index in [0.29, 0.717) is 12.3 Å². The van der Waals surface area contributed by atoms with Gasteiger partial charge in [0.15, 0.2) is 5.82 Å². The Morgan fingerprint density at radius 3 is 2.56 bits per heavy atom. The van der Waals surface area contributed by atoms with Crippen molar-refractivity contribution < 1.29 is 17.9 Å². The number of aromatic nitrogens is 2. The van der Waals surface area contributed by atoms with Crippen LogP contribution in [-0.4, -0.2) is 22.6 Å². The van der Waals surface area contributed by atoms with Crippen LogP contribution in [0.4, 0.5) is 13.2 Å². The Balaban J connectivity index is 2.27. The molecule has 0 fully saturated rings. The van der Waals surface area contributed by atoms with Crippen molar-refractivity contribution in [1.82, 2.24) is 9.97 Å². The van der Waals surface area contributed by atoms with Crippen molar-refractivity contribution in [1.29, 1.82) is 0 Å². The number of nitrogens with zero attached hydrogens (tertiary/aromatic N) is 2. The Kier molecular flexibility index (Phi) is 6.61. The van der Waals surface area contributed by atoms with Crippen molar-refractivity contribution in [3.63, 3.8) is 0 Å². The van der Waals surface area contributed by atoms with E-state index in [-0.39, 0.29) is 40.4 Å². The molecule has 0 aliphatic heterocycles. The maximum Gasteiger partial charge on any atom is 0.267 e. The van der Waals surface area contributed by atoms with Gasteiger partial charge in [-0.2, -0.15) is 0 Å². The zero-order chi connectivity index (χ0) is 18.6. The zero-order valence-electron chi connectivity index (χ0n) is 13.8. The maximum atomic E-state index is 13.9. The van der Waals surface area contributed by atoms with Crippen LogP contribution in [0.1, 0.15) is 32.3 Å². The summed E-state index contributed by atoms with van der Waals surface area (Å²) in [7, 11) is 0.